The normalized spacial score (nSPS) is 19.0. The SMILES string of the molecule is Cc1cc(-c2ccccc2)cnc1C(=O)N1CC2C[C@H]1CN2C(=O)[C@@H](NC(=O)c1cc2ccccc2[nH]1)C(C)(C)C. The molecule has 1 unspecified atom stereocenters. The Kier molecular flexibility index (Phi) is 6.64. The zero-order chi connectivity index (χ0) is 28.9. The third kappa shape index (κ3) is 4.99. The monoisotopic (exact) mass is 549 g/mol. The standard InChI is InChI=1S/C33H35N5O3/c1-20-14-23(21-10-6-5-7-11-21)17-34-28(20)31(40)37-18-25-16-24(37)19-38(25)32(41)29(33(2,3)4)36-30(39)27-15-22-12-8-9-13-26(22)35-27/h5-15,17,24-25,29,35H,16,18-19H2,1-4H3,(H,36,39)/t24-,25?,29+/m0/s1. The van der Waals surface area contributed by atoms with Gasteiger partial charge in [0, 0.05) is 35.8 Å². The van der Waals surface area contributed by atoms with Gasteiger partial charge < -0.3 is 20.1 Å². The summed E-state index contributed by atoms with van der Waals surface area (Å²) in [7, 11) is 0. The predicted octanol–water partition coefficient (Wildman–Crippen LogP) is 4.81. The quantitative estimate of drug-likeness (QED) is 0.373. The number of hydrogen-bond donors (Lipinski definition) is 2. The third-order valence-corrected chi connectivity index (χ3v) is 8.34. The highest BCUT2D eigenvalue weighted by atomic mass is 16.2. The lowest BCUT2D eigenvalue weighted by Gasteiger charge is -2.39. The molecule has 3 amide bonds. The molecule has 2 aromatic carbocycles. The number of fused-ring (bicyclic) bond motifs is 3. The van der Waals surface area contributed by atoms with E-state index in [1.807, 2.05) is 98.2 Å². The van der Waals surface area contributed by atoms with E-state index < -0.39 is 11.5 Å². The molecule has 0 radical (unpaired) electrons. The van der Waals surface area contributed by atoms with E-state index >= 15 is 0 Å². The maximum atomic E-state index is 13.9. The number of piperazine rings is 1. The molecule has 8 nitrogen and oxygen atoms in total. The van der Waals surface area contributed by atoms with Gasteiger partial charge in [0.05, 0.1) is 12.1 Å². The van der Waals surface area contributed by atoms with Crippen molar-refractivity contribution in [3.05, 3.63) is 89.9 Å². The molecule has 4 aromatic rings. The van der Waals surface area contributed by atoms with Crippen molar-refractivity contribution >= 4 is 28.6 Å². The second-order valence-corrected chi connectivity index (χ2v) is 12.3. The molecule has 4 heterocycles. The van der Waals surface area contributed by atoms with Crippen LogP contribution in [0.25, 0.3) is 22.0 Å². The molecular weight excluding hydrogens is 514 g/mol. The second-order valence-electron chi connectivity index (χ2n) is 12.3. The van der Waals surface area contributed by atoms with Crippen LogP contribution in [0.2, 0.25) is 0 Å². The minimum absolute atomic E-state index is 0.0727. The first-order valence-electron chi connectivity index (χ1n) is 14.1. The lowest BCUT2D eigenvalue weighted by molar-refractivity contribution is -0.138. The molecule has 0 saturated carbocycles. The summed E-state index contributed by atoms with van der Waals surface area (Å²) in [6.07, 6.45) is 2.48. The Morgan fingerprint density at radius 3 is 2.27 bits per heavy atom. The first-order valence-corrected chi connectivity index (χ1v) is 14.1. The van der Waals surface area contributed by atoms with Crippen LogP contribution in [0.3, 0.4) is 0 Å². The molecule has 6 rings (SSSR count). The number of carbonyl (C=O) groups excluding carboxylic acids is 3. The highest BCUT2D eigenvalue weighted by Crippen LogP contribution is 2.34. The minimum atomic E-state index is -0.709. The summed E-state index contributed by atoms with van der Waals surface area (Å²) in [5.41, 5.74) is 4.11. The Bertz CT molecular complexity index is 1600. The number of aryl methyl sites for hydroxylation is 1. The van der Waals surface area contributed by atoms with Crippen LogP contribution in [0.15, 0.2) is 72.9 Å². The number of aromatic amines is 1. The van der Waals surface area contributed by atoms with E-state index in [-0.39, 0.29) is 29.8 Å². The van der Waals surface area contributed by atoms with Gasteiger partial charge in [-0.25, -0.2) is 0 Å². The van der Waals surface area contributed by atoms with Gasteiger partial charge >= 0.3 is 0 Å². The number of aromatic nitrogens is 2. The highest BCUT2D eigenvalue weighted by Gasteiger charge is 2.50. The van der Waals surface area contributed by atoms with Crippen molar-refractivity contribution < 1.29 is 14.4 Å². The molecule has 3 atom stereocenters. The summed E-state index contributed by atoms with van der Waals surface area (Å²) in [6.45, 7) is 8.70. The first-order chi connectivity index (χ1) is 19.6. The van der Waals surface area contributed by atoms with Gasteiger partial charge in [-0.1, -0.05) is 69.3 Å². The number of para-hydroxylation sites is 1. The topological polar surface area (TPSA) is 98.4 Å². The van der Waals surface area contributed by atoms with Crippen molar-refractivity contribution in [2.75, 3.05) is 13.1 Å². The smallest absolute Gasteiger partial charge is 0.273 e. The van der Waals surface area contributed by atoms with Gasteiger partial charge in [-0.15, -0.1) is 0 Å². The van der Waals surface area contributed by atoms with Gasteiger partial charge in [0.1, 0.15) is 17.4 Å². The molecular formula is C33H35N5O3. The number of benzene rings is 2. The summed E-state index contributed by atoms with van der Waals surface area (Å²) in [5, 5.41) is 3.95. The molecule has 2 saturated heterocycles. The maximum Gasteiger partial charge on any atom is 0.273 e. The van der Waals surface area contributed by atoms with E-state index in [1.54, 1.807) is 12.3 Å². The summed E-state index contributed by atoms with van der Waals surface area (Å²) in [4.78, 5) is 52.1. The Hall–Kier alpha value is -4.46. The van der Waals surface area contributed by atoms with Crippen molar-refractivity contribution in [2.24, 2.45) is 5.41 Å². The summed E-state index contributed by atoms with van der Waals surface area (Å²) in [6, 6.07) is 20.6. The third-order valence-electron chi connectivity index (χ3n) is 8.34. The minimum Gasteiger partial charge on any atom is -0.351 e. The van der Waals surface area contributed by atoms with Gasteiger partial charge in [0.25, 0.3) is 11.8 Å². The fraction of sp³-hybridized carbons (Fsp3) is 0.333. The summed E-state index contributed by atoms with van der Waals surface area (Å²) in [5.74, 6) is -0.514. The molecule has 41 heavy (non-hydrogen) atoms. The molecule has 2 bridgehead atoms. The van der Waals surface area contributed by atoms with Crippen molar-refractivity contribution in [1.29, 1.82) is 0 Å². The van der Waals surface area contributed by atoms with Gasteiger partial charge in [-0.05, 0) is 48.1 Å². The Morgan fingerprint density at radius 2 is 1.61 bits per heavy atom. The van der Waals surface area contributed by atoms with Gasteiger partial charge in [0.15, 0.2) is 0 Å². The van der Waals surface area contributed by atoms with E-state index in [0.717, 1.165) is 34.0 Å². The first kappa shape index (κ1) is 26.7. The number of likely N-dealkylation sites (tertiary alicyclic amines) is 2. The van der Waals surface area contributed by atoms with Crippen LogP contribution in [0, 0.1) is 12.3 Å². The van der Waals surface area contributed by atoms with Crippen LogP contribution in [-0.4, -0.2) is 68.7 Å². The van der Waals surface area contributed by atoms with Crippen molar-refractivity contribution in [2.45, 2.75) is 52.2 Å². The van der Waals surface area contributed by atoms with Gasteiger partial charge in [-0.2, -0.15) is 0 Å². The molecule has 0 spiro atoms. The lowest BCUT2D eigenvalue weighted by Crippen LogP contribution is -2.59. The number of nitrogens with zero attached hydrogens (tertiary/aromatic N) is 3. The largest absolute Gasteiger partial charge is 0.351 e. The van der Waals surface area contributed by atoms with E-state index in [2.05, 4.69) is 15.3 Å². The Morgan fingerprint density at radius 1 is 0.927 bits per heavy atom. The molecule has 2 aromatic heterocycles. The second kappa shape index (κ2) is 10.2. The van der Waals surface area contributed by atoms with Crippen LogP contribution >= 0.6 is 0 Å². The molecule has 2 N–H and O–H groups in total. The zero-order valence-electron chi connectivity index (χ0n) is 23.8. The van der Waals surface area contributed by atoms with E-state index in [0.29, 0.717) is 24.5 Å². The number of hydrogen-bond acceptors (Lipinski definition) is 4. The average Bonchev–Trinajstić information content (AvgIpc) is 3.69. The van der Waals surface area contributed by atoms with E-state index in [4.69, 9.17) is 0 Å². The fourth-order valence-electron chi connectivity index (χ4n) is 6.13. The molecule has 0 aliphatic carbocycles. The van der Waals surface area contributed by atoms with Crippen LogP contribution in [-0.2, 0) is 4.79 Å². The van der Waals surface area contributed by atoms with Crippen molar-refractivity contribution in [3.63, 3.8) is 0 Å². The zero-order valence-corrected chi connectivity index (χ0v) is 23.8. The van der Waals surface area contributed by atoms with Gasteiger partial charge in [-0.3, -0.25) is 19.4 Å². The number of amides is 3. The van der Waals surface area contributed by atoms with E-state index in [1.165, 1.54) is 0 Å². The van der Waals surface area contributed by atoms with Crippen LogP contribution in [0.4, 0.5) is 0 Å². The Balaban J connectivity index is 1.15. The molecule has 2 fully saturated rings. The molecule has 2 aliphatic heterocycles. The van der Waals surface area contributed by atoms with E-state index in [9.17, 15) is 14.4 Å². The van der Waals surface area contributed by atoms with Crippen LogP contribution in [0.1, 0.15) is 53.7 Å². The molecule has 8 heteroatoms. The van der Waals surface area contributed by atoms with Crippen molar-refractivity contribution in [3.8, 4) is 11.1 Å². The van der Waals surface area contributed by atoms with Crippen molar-refractivity contribution in [1.82, 2.24) is 25.1 Å². The number of rotatable bonds is 5. The van der Waals surface area contributed by atoms with Crippen LogP contribution < -0.4 is 5.32 Å². The number of carbonyl (C=O) groups is 3. The number of nitrogens with one attached hydrogen (secondary N) is 2. The number of H-pyrrole nitrogens is 1. The predicted molar refractivity (Wildman–Crippen MR) is 158 cm³/mol. The highest BCUT2D eigenvalue weighted by molar-refractivity contribution is 6.00. The molecule has 210 valence electrons. The summed E-state index contributed by atoms with van der Waals surface area (Å²) < 4.78 is 0. The van der Waals surface area contributed by atoms with Crippen LogP contribution in [0.5, 0.6) is 0 Å². The fourth-order valence-corrected chi connectivity index (χ4v) is 6.13. The number of pyridine rings is 1. The molecule has 2 aliphatic rings. The maximum absolute atomic E-state index is 13.9. The summed E-state index contributed by atoms with van der Waals surface area (Å²) >= 11 is 0. The average molecular weight is 550 g/mol. The van der Waals surface area contributed by atoms with Gasteiger partial charge in [0.2, 0.25) is 5.91 Å². The lowest BCUT2D eigenvalue weighted by atomic mass is 9.85. The Labute approximate surface area is 239 Å².